The molecule has 0 bridgehead atoms. The molecule has 7 heteroatoms. The van der Waals surface area contributed by atoms with Crippen LogP contribution in [0.4, 0.5) is 0 Å². The lowest BCUT2D eigenvalue weighted by atomic mass is 10.1. The van der Waals surface area contributed by atoms with Gasteiger partial charge in [-0.1, -0.05) is 54.6 Å². The molecule has 2 aliphatic heterocycles. The summed E-state index contributed by atoms with van der Waals surface area (Å²) in [5.41, 5.74) is 3.62. The summed E-state index contributed by atoms with van der Waals surface area (Å²) in [5.74, 6) is 1.75. The van der Waals surface area contributed by atoms with Crippen LogP contribution < -0.4 is 5.32 Å². The van der Waals surface area contributed by atoms with E-state index in [0.717, 1.165) is 58.1 Å². The summed E-state index contributed by atoms with van der Waals surface area (Å²) < 4.78 is 5.95. The number of carbonyl (C=O) groups is 1. The van der Waals surface area contributed by atoms with Gasteiger partial charge in [-0.05, 0) is 29.5 Å². The van der Waals surface area contributed by atoms with Crippen LogP contribution >= 0.6 is 24.0 Å². The Bertz CT molecular complexity index is 904. The number of carbonyl (C=O) groups excluding carboxylic acids is 1. The van der Waals surface area contributed by atoms with Crippen LogP contribution in [0.2, 0.25) is 0 Å². The summed E-state index contributed by atoms with van der Waals surface area (Å²) >= 11 is 0. The van der Waals surface area contributed by atoms with Gasteiger partial charge >= 0.3 is 0 Å². The van der Waals surface area contributed by atoms with Crippen molar-refractivity contribution in [3.63, 3.8) is 0 Å². The summed E-state index contributed by atoms with van der Waals surface area (Å²) in [6.45, 7) is 5.76. The second-order valence-corrected chi connectivity index (χ2v) is 8.74. The molecule has 1 amide bonds. The highest BCUT2D eigenvalue weighted by Gasteiger charge is 2.25. The van der Waals surface area contributed by atoms with E-state index in [2.05, 4.69) is 51.6 Å². The average molecular weight is 562 g/mol. The first-order chi connectivity index (χ1) is 15.7. The fraction of sp³-hybridized carbons (Fsp3) is 0.462. The zero-order chi connectivity index (χ0) is 22.2. The molecule has 6 nitrogen and oxygen atoms in total. The van der Waals surface area contributed by atoms with Gasteiger partial charge in [0.1, 0.15) is 0 Å². The smallest absolute Gasteiger partial charge is 0.222 e. The maximum atomic E-state index is 11.8. The van der Waals surface area contributed by atoms with E-state index >= 15 is 0 Å². The molecule has 178 valence electrons. The topological polar surface area (TPSA) is 57.2 Å². The van der Waals surface area contributed by atoms with Crippen LogP contribution in [0.1, 0.15) is 36.0 Å². The van der Waals surface area contributed by atoms with E-state index in [1.54, 1.807) is 0 Å². The van der Waals surface area contributed by atoms with Gasteiger partial charge in [-0.2, -0.15) is 0 Å². The van der Waals surface area contributed by atoms with Crippen LogP contribution in [0.5, 0.6) is 0 Å². The second kappa shape index (κ2) is 12.9. The molecule has 0 aromatic heterocycles. The first kappa shape index (κ1) is 25.5. The van der Waals surface area contributed by atoms with Crippen LogP contribution in [0, 0.1) is 5.92 Å². The van der Waals surface area contributed by atoms with Crippen molar-refractivity contribution in [2.75, 3.05) is 33.3 Å². The van der Waals surface area contributed by atoms with E-state index in [1.165, 1.54) is 16.7 Å². The number of nitrogens with one attached hydrogen (secondary N) is 1. The molecule has 1 N–H and O–H groups in total. The number of likely N-dealkylation sites (tertiary alicyclic amines) is 2. The first-order valence-corrected chi connectivity index (χ1v) is 11.6. The van der Waals surface area contributed by atoms with Gasteiger partial charge in [0.15, 0.2) is 5.96 Å². The third-order valence-electron chi connectivity index (χ3n) is 6.28. The van der Waals surface area contributed by atoms with Gasteiger partial charge in [0, 0.05) is 52.1 Å². The van der Waals surface area contributed by atoms with Crippen molar-refractivity contribution >= 4 is 35.8 Å². The van der Waals surface area contributed by atoms with Crippen LogP contribution in [-0.2, 0) is 29.2 Å². The zero-order valence-electron chi connectivity index (χ0n) is 19.4. The lowest BCUT2D eigenvalue weighted by molar-refractivity contribution is -0.128. The van der Waals surface area contributed by atoms with Gasteiger partial charge in [-0.15, -0.1) is 24.0 Å². The largest absolute Gasteiger partial charge is 0.376 e. The Morgan fingerprint density at radius 1 is 1.06 bits per heavy atom. The molecule has 4 rings (SSSR count). The maximum absolute atomic E-state index is 11.8. The standard InChI is InChI=1S/C26H34N4O2.HI/c1-27-26(30-15-13-24(18-30)20-32-19-23-6-3-2-4-7-23)28-16-21-9-11-22(12-10-21)17-29-14-5-8-25(29)31;/h2-4,6-7,9-12,24H,5,8,13-20H2,1H3,(H,27,28);1H. The summed E-state index contributed by atoms with van der Waals surface area (Å²) in [4.78, 5) is 20.6. The molecule has 2 aliphatic rings. The Labute approximate surface area is 214 Å². The number of amides is 1. The average Bonchev–Trinajstić information content (AvgIpc) is 3.45. The second-order valence-electron chi connectivity index (χ2n) is 8.74. The highest BCUT2D eigenvalue weighted by molar-refractivity contribution is 14.0. The number of hydrogen-bond donors (Lipinski definition) is 1. The van der Waals surface area contributed by atoms with Crippen LogP contribution in [-0.4, -0.2) is 55.0 Å². The van der Waals surface area contributed by atoms with Crippen molar-refractivity contribution in [2.45, 2.75) is 39.0 Å². The number of guanidine groups is 1. The highest BCUT2D eigenvalue weighted by atomic mass is 127. The molecule has 0 radical (unpaired) electrons. The minimum Gasteiger partial charge on any atom is -0.376 e. The molecule has 33 heavy (non-hydrogen) atoms. The van der Waals surface area contributed by atoms with Crippen molar-refractivity contribution in [1.29, 1.82) is 0 Å². The molecule has 0 aliphatic carbocycles. The van der Waals surface area contributed by atoms with E-state index in [1.807, 2.05) is 30.1 Å². The predicted molar refractivity (Wildman–Crippen MR) is 142 cm³/mol. The molecule has 2 aromatic carbocycles. The summed E-state index contributed by atoms with van der Waals surface area (Å²) in [6, 6.07) is 18.9. The van der Waals surface area contributed by atoms with Crippen molar-refractivity contribution in [3.05, 3.63) is 71.3 Å². The van der Waals surface area contributed by atoms with Crippen LogP contribution in [0.25, 0.3) is 0 Å². The van der Waals surface area contributed by atoms with E-state index in [4.69, 9.17) is 4.74 Å². The van der Waals surface area contributed by atoms with E-state index < -0.39 is 0 Å². The maximum Gasteiger partial charge on any atom is 0.222 e. The van der Waals surface area contributed by atoms with Crippen molar-refractivity contribution in [1.82, 2.24) is 15.1 Å². The summed E-state index contributed by atoms with van der Waals surface area (Å²) in [7, 11) is 1.84. The third kappa shape index (κ3) is 7.43. The van der Waals surface area contributed by atoms with Gasteiger partial charge in [0.05, 0.1) is 13.2 Å². The Morgan fingerprint density at radius 2 is 1.82 bits per heavy atom. The number of hydrogen-bond acceptors (Lipinski definition) is 3. The first-order valence-electron chi connectivity index (χ1n) is 11.6. The third-order valence-corrected chi connectivity index (χ3v) is 6.28. The Morgan fingerprint density at radius 3 is 2.52 bits per heavy atom. The van der Waals surface area contributed by atoms with Crippen LogP contribution in [0.15, 0.2) is 59.6 Å². The molecule has 2 saturated heterocycles. The lowest BCUT2D eigenvalue weighted by Crippen LogP contribution is -2.39. The Kier molecular flexibility index (Phi) is 9.99. The molecular weight excluding hydrogens is 527 g/mol. The molecule has 1 unspecified atom stereocenters. The molecule has 2 heterocycles. The molecule has 2 aromatic rings. The number of benzene rings is 2. The highest BCUT2D eigenvalue weighted by Crippen LogP contribution is 2.18. The number of halogens is 1. The number of nitrogens with zero attached hydrogens (tertiary/aromatic N) is 3. The molecule has 0 saturated carbocycles. The zero-order valence-corrected chi connectivity index (χ0v) is 21.7. The van der Waals surface area contributed by atoms with Crippen molar-refractivity contribution < 1.29 is 9.53 Å². The van der Waals surface area contributed by atoms with E-state index in [9.17, 15) is 4.79 Å². The molecule has 2 fully saturated rings. The number of aliphatic imine (C=N–C) groups is 1. The normalized spacial score (nSPS) is 18.5. The predicted octanol–water partition coefficient (Wildman–Crippen LogP) is 4.04. The fourth-order valence-corrected chi connectivity index (χ4v) is 4.45. The lowest BCUT2D eigenvalue weighted by Gasteiger charge is -2.22. The Balaban J connectivity index is 0.00000306. The summed E-state index contributed by atoms with van der Waals surface area (Å²) in [5, 5.41) is 3.50. The van der Waals surface area contributed by atoms with Gasteiger partial charge in [0.25, 0.3) is 0 Å². The molecule has 0 spiro atoms. The molecule has 1 atom stereocenters. The summed E-state index contributed by atoms with van der Waals surface area (Å²) in [6.07, 6.45) is 2.80. The fourth-order valence-electron chi connectivity index (χ4n) is 4.45. The molecular formula is C26H35IN4O2. The van der Waals surface area contributed by atoms with Crippen molar-refractivity contribution in [3.8, 4) is 0 Å². The van der Waals surface area contributed by atoms with E-state index in [-0.39, 0.29) is 29.9 Å². The van der Waals surface area contributed by atoms with Gasteiger partial charge in [0.2, 0.25) is 5.91 Å². The van der Waals surface area contributed by atoms with E-state index in [0.29, 0.717) is 18.9 Å². The minimum atomic E-state index is 0. The number of ether oxygens (including phenoxy) is 1. The minimum absolute atomic E-state index is 0. The SMILES string of the molecule is CN=C(NCc1ccc(CN2CCCC2=O)cc1)N1CCC(COCc2ccccc2)C1.I. The Hall–Kier alpha value is -2.13. The van der Waals surface area contributed by atoms with Crippen molar-refractivity contribution in [2.24, 2.45) is 10.9 Å². The van der Waals surface area contributed by atoms with Gasteiger partial charge in [-0.3, -0.25) is 9.79 Å². The monoisotopic (exact) mass is 562 g/mol. The van der Waals surface area contributed by atoms with Gasteiger partial charge in [-0.25, -0.2) is 0 Å². The number of rotatable bonds is 8. The van der Waals surface area contributed by atoms with Crippen LogP contribution in [0.3, 0.4) is 0 Å². The quantitative estimate of drug-likeness (QED) is 0.300. The van der Waals surface area contributed by atoms with Gasteiger partial charge < -0.3 is 19.9 Å².